The van der Waals surface area contributed by atoms with Crippen molar-refractivity contribution in [2.75, 3.05) is 7.11 Å². The molecular weight excluding hydrogens is 458 g/mol. The first-order chi connectivity index (χ1) is 17.7. The number of hydrogen-bond acceptors (Lipinski definition) is 3. The number of carbonyl (C=O) groups excluding carboxylic acids is 1. The van der Waals surface area contributed by atoms with Gasteiger partial charge in [-0.25, -0.2) is 0 Å². The molecule has 1 aromatic heterocycles. The van der Waals surface area contributed by atoms with Gasteiger partial charge in [-0.05, 0) is 97.5 Å². The fourth-order valence-electron chi connectivity index (χ4n) is 12.4. The Bertz CT molecular complexity index is 1310. The van der Waals surface area contributed by atoms with Gasteiger partial charge in [0.05, 0.1) is 24.2 Å². The zero-order valence-corrected chi connectivity index (χ0v) is 23.2. The highest BCUT2D eigenvalue weighted by molar-refractivity contribution is 5.85. The van der Waals surface area contributed by atoms with Gasteiger partial charge in [0.1, 0.15) is 0 Å². The maximum Gasteiger partial charge on any atom is 0.311 e. The van der Waals surface area contributed by atoms with Crippen molar-refractivity contribution in [3.8, 4) is 0 Å². The molecular formula is C33H43NO3. The number of methoxy groups -OCH3 is 1. The highest BCUT2D eigenvalue weighted by atomic mass is 16.5. The SMILES string of the molecule is COC(=O)[C@]1(C)CCC[C@]2(C)[C@H]3C[C@@H]4[C@H]5[C@@H]6Cc7c([nH]c8ccccc78)[C@H]5[C@@]3(CC[C@H]21)CC4(C(C)C)O6. The third-order valence-corrected chi connectivity index (χ3v) is 13.5. The summed E-state index contributed by atoms with van der Waals surface area (Å²) in [7, 11) is 1.59. The monoisotopic (exact) mass is 501 g/mol. The van der Waals surface area contributed by atoms with E-state index in [9.17, 15) is 4.79 Å². The fraction of sp³-hybridized carbons (Fsp3) is 0.727. The van der Waals surface area contributed by atoms with Crippen LogP contribution in [0.2, 0.25) is 0 Å². The highest BCUT2D eigenvalue weighted by Gasteiger charge is 2.78. The summed E-state index contributed by atoms with van der Waals surface area (Å²) in [6.07, 6.45) is 9.62. The van der Waals surface area contributed by atoms with Crippen LogP contribution in [0.25, 0.3) is 10.9 Å². The number of para-hydroxylation sites is 1. The molecule has 5 saturated carbocycles. The molecule has 0 amide bonds. The van der Waals surface area contributed by atoms with Gasteiger partial charge < -0.3 is 14.5 Å². The summed E-state index contributed by atoms with van der Waals surface area (Å²) < 4.78 is 12.8. The van der Waals surface area contributed by atoms with Crippen molar-refractivity contribution in [2.24, 2.45) is 45.8 Å². The van der Waals surface area contributed by atoms with Crippen molar-refractivity contribution in [2.45, 2.75) is 96.7 Å². The molecule has 2 heterocycles. The third kappa shape index (κ3) is 2.45. The second kappa shape index (κ2) is 7.03. The number of esters is 1. The Hall–Kier alpha value is -1.81. The smallest absolute Gasteiger partial charge is 0.311 e. The van der Waals surface area contributed by atoms with Gasteiger partial charge in [0, 0.05) is 28.9 Å². The van der Waals surface area contributed by atoms with E-state index in [1.165, 1.54) is 42.1 Å². The molecule has 37 heavy (non-hydrogen) atoms. The molecule has 6 aliphatic carbocycles. The molecule has 4 bridgehead atoms. The maximum absolute atomic E-state index is 13.2. The van der Waals surface area contributed by atoms with E-state index in [0.29, 0.717) is 41.6 Å². The Morgan fingerprint density at radius 3 is 2.73 bits per heavy atom. The maximum atomic E-state index is 13.2. The summed E-state index contributed by atoms with van der Waals surface area (Å²) in [6, 6.07) is 8.95. The van der Waals surface area contributed by atoms with E-state index < -0.39 is 0 Å². The number of rotatable bonds is 2. The molecule has 1 spiro atoms. The normalized spacial score (nSPS) is 49.0. The number of hydrogen-bond donors (Lipinski definition) is 1. The Kier molecular flexibility index (Phi) is 4.39. The number of benzene rings is 1. The third-order valence-electron chi connectivity index (χ3n) is 13.5. The molecule has 198 valence electrons. The predicted molar refractivity (Wildman–Crippen MR) is 144 cm³/mol. The van der Waals surface area contributed by atoms with E-state index in [0.717, 1.165) is 25.7 Å². The standard InChI is InChI=1S/C33H43NO3/c1-18(2)33-17-32-14-11-24-30(3,12-8-13-31(24,4)29(35)36-5)25(32)16-21(33)26-23(37-33)15-20-19-9-6-7-10-22(19)34-28(20)27(26)32/h6-7,9-10,18,21,23-27,34H,8,11-17H2,1-5H3/t21-,23+,24-,25-,26+,27+,30+,31-,32+,33?/m1/s1. The van der Waals surface area contributed by atoms with Crippen LogP contribution in [0.4, 0.5) is 0 Å². The minimum atomic E-state index is -0.355. The number of H-pyrrole nitrogens is 1. The first kappa shape index (κ1) is 23.1. The van der Waals surface area contributed by atoms with Crippen LogP contribution in [-0.2, 0) is 20.7 Å². The largest absolute Gasteiger partial charge is 0.469 e. The Balaban J connectivity index is 1.33. The van der Waals surface area contributed by atoms with Crippen LogP contribution in [-0.4, -0.2) is 29.8 Å². The van der Waals surface area contributed by atoms with Gasteiger partial charge >= 0.3 is 5.97 Å². The molecule has 1 aliphatic heterocycles. The summed E-state index contributed by atoms with van der Waals surface area (Å²) in [6.45, 7) is 9.67. The summed E-state index contributed by atoms with van der Waals surface area (Å²) in [4.78, 5) is 17.3. The van der Waals surface area contributed by atoms with Gasteiger partial charge in [-0.15, -0.1) is 0 Å². The molecule has 4 nitrogen and oxygen atoms in total. The quantitative estimate of drug-likeness (QED) is 0.450. The highest BCUT2D eigenvalue weighted by Crippen LogP contribution is 2.81. The second-order valence-electron chi connectivity index (χ2n) is 14.8. The van der Waals surface area contributed by atoms with Crippen molar-refractivity contribution in [3.05, 3.63) is 35.5 Å². The number of fused-ring (bicyclic) bond motifs is 4. The van der Waals surface area contributed by atoms with Crippen LogP contribution in [0.1, 0.15) is 89.8 Å². The van der Waals surface area contributed by atoms with E-state index in [1.807, 2.05) is 0 Å². The van der Waals surface area contributed by atoms with Crippen LogP contribution < -0.4 is 0 Å². The average Bonchev–Trinajstić information content (AvgIpc) is 3.39. The second-order valence-corrected chi connectivity index (χ2v) is 14.8. The van der Waals surface area contributed by atoms with Crippen LogP contribution >= 0.6 is 0 Å². The number of aromatic nitrogens is 1. The molecule has 4 heteroatoms. The lowest BCUT2D eigenvalue weighted by molar-refractivity contribution is -0.243. The van der Waals surface area contributed by atoms with Crippen LogP contribution in [0, 0.1) is 45.8 Å². The minimum Gasteiger partial charge on any atom is -0.469 e. The summed E-state index contributed by atoms with van der Waals surface area (Å²) in [5, 5.41) is 1.41. The molecule has 1 unspecified atom stereocenters. The van der Waals surface area contributed by atoms with E-state index in [-0.39, 0.29) is 27.8 Å². The number of aromatic amines is 1. The lowest BCUT2D eigenvalue weighted by Gasteiger charge is -2.72. The number of ether oxygens (including phenoxy) is 2. The molecule has 2 aromatic rings. The van der Waals surface area contributed by atoms with Gasteiger partial charge in [0.25, 0.3) is 0 Å². The molecule has 1 aromatic carbocycles. The predicted octanol–water partition coefficient (Wildman–Crippen LogP) is 7.02. The first-order valence-corrected chi connectivity index (χ1v) is 15.1. The van der Waals surface area contributed by atoms with Crippen molar-refractivity contribution in [1.29, 1.82) is 0 Å². The van der Waals surface area contributed by atoms with Gasteiger partial charge in [0.2, 0.25) is 0 Å². The Morgan fingerprint density at radius 2 is 1.95 bits per heavy atom. The first-order valence-electron chi connectivity index (χ1n) is 15.1. The summed E-state index contributed by atoms with van der Waals surface area (Å²) in [5.41, 5.74) is 4.47. The summed E-state index contributed by atoms with van der Waals surface area (Å²) >= 11 is 0. The molecule has 6 fully saturated rings. The fourth-order valence-corrected chi connectivity index (χ4v) is 12.4. The topological polar surface area (TPSA) is 51.3 Å². The van der Waals surface area contributed by atoms with Crippen LogP contribution in [0.5, 0.6) is 0 Å². The van der Waals surface area contributed by atoms with E-state index in [2.05, 4.69) is 56.9 Å². The average molecular weight is 502 g/mol. The zero-order chi connectivity index (χ0) is 25.5. The molecule has 1 N–H and O–H groups in total. The molecule has 1 saturated heterocycles. The van der Waals surface area contributed by atoms with Gasteiger partial charge in [-0.1, -0.05) is 45.4 Å². The molecule has 7 aliphatic rings. The number of nitrogens with one attached hydrogen (secondary N) is 1. The molecule has 9 rings (SSSR count). The van der Waals surface area contributed by atoms with Crippen molar-refractivity contribution < 1.29 is 14.3 Å². The van der Waals surface area contributed by atoms with Gasteiger partial charge in [-0.3, -0.25) is 4.79 Å². The van der Waals surface area contributed by atoms with Crippen molar-refractivity contribution in [3.63, 3.8) is 0 Å². The van der Waals surface area contributed by atoms with Gasteiger partial charge in [-0.2, -0.15) is 0 Å². The minimum absolute atomic E-state index is 0.0190. The number of carbonyl (C=O) groups is 1. The lowest BCUT2D eigenvalue weighted by Crippen LogP contribution is -2.69. The zero-order valence-electron chi connectivity index (χ0n) is 23.2. The van der Waals surface area contributed by atoms with Gasteiger partial charge in [0.15, 0.2) is 0 Å². The lowest BCUT2D eigenvalue weighted by atomic mass is 9.31. The van der Waals surface area contributed by atoms with Crippen LogP contribution in [0.15, 0.2) is 24.3 Å². The summed E-state index contributed by atoms with van der Waals surface area (Å²) in [5.74, 6) is 3.41. The van der Waals surface area contributed by atoms with E-state index >= 15 is 0 Å². The van der Waals surface area contributed by atoms with Crippen LogP contribution in [0.3, 0.4) is 0 Å². The molecule has 10 atom stereocenters. The Morgan fingerprint density at radius 1 is 1.14 bits per heavy atom. The van der Waals surface area contributed by atoms with Crippen molar-refractivity contribution >= 4 is 16.9 Å². The van der Waals surface area contributed by atoms with E-state index in [1.54, 1.807) is 12.8 Å². The van der Waals surface area contributed by atoms with E-state index in [4.69, 9.17) is 9.47 Å². The molecule has 0 radical (unpaired) electrons. The Labute approximate surface area is 221 Å². The van der Waals surface area contributed by atoms with Crippen molar-refractivity contribution in [1.82, 2.24) is 4.98 Å².